The summed E-state index contributed by atoms with van der Waals surface area (Å²) in [5.74, 6) is -2.08. The lowest BCUT2D eigenvalue weighted by Gasteiger charge is -2.34. The summed E-state index contributed by atoms with van der Waals surface area (Å²) in [5, 5.41) is 24.9. The number of amidine groups is 1. The summed E-state index contributed by atoms with van der Waals surface area (Å²) in [6, 6.07) is 1.77. The van der Waals surface area contributed by atoms with Crippen LogP contribution in [0.2, 0.25) is 0 Å². The maximum Gasteiger partial charge on any atom is 0.410 e. The lowest BCUT2D eigenvalue weighted by Crippen LogP contribution is -2.61. The fourth-order valence-electron chi connectivity index (χ4n) is 3.26. The van der Waals surface area contributed by atoms with Gasteiger partial charge in [-0.1, -0.05) is 12.1 Å². The first kappa shape index (κ1) is 29.1. The van der Waals surface area contributed by atoms with Crippen molar-refractivity contribution in [1.29, 1.82) is 0 Å². The van der Waals surface area contributed by atoms with Gasteiger partial charge in [-0.3, -0.25) is 14.5 Å². The Labute approximate surface area is 209 Å². The van der Waals surface area contributed by atoms with Gasteiger partial charge in [0.15, 0.2) is 12.3 Å². The molecule has 0 radical (unpaired) electrons. The first-order valence-corrected chi connectivity index (χ1v) is 11.5. The minimum Gasteiger partial charge on any atom is -0.444 e. The number of benzene rings is 1. The number of aryl methyl sites for hydroxylation is 1. The van der Waals surface area contributed by atoms with Crippen LogP contribution >= 0.6 is 0 Å². The van der Waals surface area contributed by atoms with Crippen LogP contribution in [0, 0.1) is 12.7 Å². The summed E-state index contributed by atoms with van der Waals surface area (Å²) in [6.45, 7) is 7.99. The molecule has 4 N–H and O–H groups in total. The third kappa shape index (κ3) is 8.25. The number of likely N-dealkylation sites (N-methyl/N-ethyl adjacent to an activating group) is 1. The minimum absolute atomic E-state index is 0.0108. The van der Waals surface area contributed by atoms with Crippen LogP contribution in [-0.2, 0) is 25.6 Å². The summed E-state index contributed by atoms with van der Waals surface area (Å²) in [5.41, 5.74) is 0.220. The third-order valence-corrected chi connectivity index (χ3v) is 5.13. The van der Waals surface area contributed by atoms with Crippen LogP contribution in [0.3, 0.4) is 0 Å². The van der Waals surface area contributed by atoms with Crippen LogP contribution in [0.15, 0.2) is 23.2 Å². The molecule has 0 saturated heterocycles. The number of carbonyl (C=O) groups is 3. The molecule has 36 heavy (non-hydrogen) atoms. The number of amides is 2. The van der Waals surface area contributed by atoms with Gasteiger partial charge in [0.2, 0.25) is 5.78 Å². The Morgan fingerprint density at radius 1 is 1.31 bits per heavy atom. The molecule has 0 bridgehead atoms. The van der Waals surface area contributed by atoms with Crippen molar-refractivity contribution in [3.63, 3.8) is 0 Å². The molecule has 2 amide bonds. The Balaban J connectivity index is 2.26. The van der Waals surface area contributed by atoms with E-state index in [0.717, 1.165) is 4.90 Å². The van der Waals surface area contributed by atoms with Gasteiger partial charge < -0.3 is 30.3 Å². The lowest BCUT2D eigenvalue weighted by atomic mass is 10.1. The Kier molecular flexibility index (Phi) is 9.91. The van der Waals surface area contributed by atoms with Crippen molar-refractivity contribution in [3.8, 4) is 0 Å². The first-order valence-electron chi connectivity index (χ1n) is 11.5. The van der Waals surface area contributed by atoms with E-state index in [1.807, 2.05) is 0 Å². The molecule has 2 rings (SSSR count). The van der Waals surface area contributed by atoms with Gasteiger partial charge in [0.25, 0.3) is 5.91 Å². The van der Waals surface area contributed by atoms with E-state index in [1.54, 1.807) is 33.8 Å². The quantitative estimate of drug-likeness (QED) is 0.354. The maximum atomic E-state index is 13.5. The fourth-order valence-corrected chi connectivity index (χ4v) is 3.26. The number of Topliss-reactive ketones (excluding diaryl/α,β-unsaturated/α-hetero) is 1. The molecule has 1 heterocycles. The van der Waals surface area contributed by atoms with E-state index in [0.29, 0.717) is 11.1 Å². The number of halogens is 1. The largest absolute Gasteiger partial charge is 0.444 e. The van der Waals surface area contributed by atoms with Crippen molar-refractivity contribution in [2.75, 3.05) is 20.3 Å². The van der Waals surface area contributed by atoms with Crippen LogP contribution in [0.1, 0.15) is 38.8 Å². The highest BCUT2D eigenvalue weighted by Gasteiger charge is 2.40. The normalized spacial score (nSPS) is 19.6. The number of hydrogen-bond donors (Lipinski definition) is 4. The van der Waals surface area contributed by atoms with E-state index in [1.165, 1.54) is 26.1 Å². The van der Waals surface area contributed by atoms with Crippen molar-refractivity contribution in [2.24, 2.45) is 4.99 Å². The number of rotatable bonds is 9. The predicted octanol–water partition coefficient (Wildman–Crippen LogP) is 0.641. The molecule has 1 aliphatic heterocycles. The topological polar surface area (TPSA) is 150 Å². The lowest BCUT2D eigenvalue weighted by molar-refractivity contribution is -0.136. The third-order valence-electron chi connectivity index (χ3n) is 5.13. The zero-order valence-electron chi connectivity index (χ0n) is 21.4. The number of ether oxygens (including phenoxy) is 2. The number of aliphatic imine (C=N–C) groups is 1. The van der Waals surface area contributed by atoms with Crippen LogP contribution in [-0.4, -0.2) is 89.0 Å². The highest BCUT2D eigenvalue weighted by molar-refractivity contribution is 6.12. The molecule has 4 unspecified atom stereocenters. The zero-order chi connectivity index (χ0) is 27.2. The van der Waals surface area contributed by atoms with Gasteiger partial charge in [-0.05, 0) is 51.8 Å². The van der Waals surface area contributed by atoms with Crippen molar-refractivity contribution in [2.45, 2.75) is 71.2 Å². The van der Waals surface area contributed by atoms with Crippen molar-refractivity contribution < 1.29 is 38.5 Å². The average Bonchev–Trinajstić information content (AvgIpc) is 2.77. The second-order valence-corrected chi connectivity index (χ2v) is 9.66. The van der Waals surface area contributed by atoms with E-state index in [4.69, 9.17) is 9.47 Å². The van der Waals surface area contributed by atoms with Gasteiger partial charge in [-0.15, -0.1) is 0 Å². The van der Waals surface area contributed by atoms with E-state index < -0.39 is 47.8 Å². The number of nitrogens with zero attached hydrogens (tertiary/aromatic N) is 2. The maximum absolute atomic E-state index is 13.5. The van der Waals surface area contributed by atoms with Crippen molar-refractivity contribution in [1.82, 2.24) is 15.5 Å². The fraction of sp³-hybridized carbons (Fsp3) is 0.583. The molecular formula is C24H35FN4O7. The Bertz CT molecular complexity index is 993. The molecule has 12 heteroatoms. The highest BCUT2D eigenvalue weighted by atomic mass is 19.1. The van der Waals surface area contributed by atoms with Crippen LogP contribution in [0.25, 0.3) is 0 Å². The SMILES string of the molecule is Cc1cc(CNC(=O)C2N=C(C(COCC(C)O)N(C)C(=O)OC(C)(C)C)NC(O)C2=O)ccc1F. The predicted molar refractivity (Wildman–Crippen MR) is 129 cm³/mol. The van der Waals surface area contributed by atoms with E-state index in [-0.39, 0.29) is 31.4 Å². The van der Waals surface area contributed by atoms with E-state index in [2.05, 4.69) is 15.6 Å². The van der Waals surface area contributed by atoms with Crippen molar-refractivity contribution in [3.05, 3.63) is 35.1 Å². The molecule has 4 atom stereocenters. The first-order chi connectivity index (χ1) is 16.7. The molecule has 1 aliphatic rings. The van der Waals surface area contributed by atoms with Gasteiger partial charge in [0.05, 0.1) is 19.3 Å². The summed E-state index contributed by atoms with van der Waals surface area (Å²) >= 11 is 0. The summed E-state index contributed by atoms with van der Waals surface area (Å²) in [7, 11) is 1.42. The Hall–Kier alpha value is -3.09. The second kappa shape index (κ2) is 12.2. The molecule has 0 spiro atoms. The smallest absolute Gasteiger partial charge is 0.410 e. The van der Waals surface area contributed by atoms with Crippen LogP contribution < -0.4 is 10.6 Å². The summed E-state index contributed by atoms with van der Waals surface area (Å²) < 4.78 is 24.4. The van der Waals surface area contributed by atoms with Gasteiger partial charge in [-0.25, -0.2) is 14.2 Å². The molecule has 0 aliphatic carbocycles. The number of carbonyl (C=O) groups excluding carboxylic acids is 3. The molecular weight excluding hydrogens is 475 g/mol. The Morgan fingerprint density at radius 2 is 1.97 bits per heavy atom. The van der Waals surface area contributed by atoms with Gasteiger partial charge >= 0.3 is 6.09 Å². The number of aliphatic hydroxyl groups excluding tert-OH is 2. The Morgan fingerprint density at radius 3 is 2.56 bits per heavy atom. The molecule has 0 aromatic heterocycles. The molecule has 0 fully saturated rings. The monoisotopic (exact) mass is 510 g/mol. The van der Waals surface area contributed by atoms with Crippen LogP contribution in [0.4, 0.5) is 9.18 Å². The van der Waals surface area contributed by atoms with Gasteiger partial charge in [0.1, 0.15) is 23.3 Å². The van der Waals surface area contributed by atoms with Gasteiger partial charge in [-0.2, -0.15) is 0 Å². The number of ketones is 1. The van der Waals surface area contributed by atoms with Crippen molar-refractivity contribution >= 4 is 23.6 Å². The van der Waals surface area contributed by atoms with E-state index in [9.17, 15) is 29.0 Å². The molecule has 1 aromatic rings. The number of hydrogen-bond acceptors (Lipinski definition) is 9. The summed E-state index contributed by atoms with van der Waals surface area (Å²) in [4.78, 5) is 43.4. The van der Waals surface area contributed by atoms with Gasteiger partial charge in [0, 0.05) is 13.6 Å². The number of aliphatic hydroxyl groups is 2. The molecule has 1 aromatic carbocycles. The molecule has 0 saturated carbocycles. The zero-order valence-corrected chi connectivity index (χ0v) is 21.4. The van der Waals surface area contributed by atoms with E-state index >= 15 is 0 Å². The minimum atomic E-state index is -1.76. The molecule has 11 nitrogen and oxygen atoms in total. The number of nitrogens with one attached hydrogen (secondary N) is 2. The van der Waals surface area contributed by atoms with Crippen LogP contribution in [0.5, 0.6) is 0 Å². The summed E-state index contributed by atoms with van der Waals surface area (Å²) in [6.07, 6.45) is -3.26. The second-order valence-electron chi connectivity index (χ2n) is 9.66. The molecule has 200 valence electrons. The average molecular weight is 511 g/mol. The standard InChI is InChI=1S/C24H35FN4O7/c1-13-9-15(7-8-16(13)25)10-26-21(32)18-19(31)22(33)28-20(27-18)17(12-35-11-14(2)30)29(6)23(34)36-24(3,4)5/h7-9,14,17-18,22,30,33H,10-12H2,1-6H3,(H,26,32)(H,27,28). The highest BCUT2D eigenvalue weighted by Crippen LogP contribution is 2.15.